The van der Waals surface area contributed by atoms with E-state index in [1.54, 1.807) is 0 Å². The largest absolute Gasteiger partial charge is 0.377 e. The van der Waals surface area contributed by atoms with Crippen LogP contribution in [-0.2, 0) is 4.74 Å². The molecule has 1 aliphatic carbocycles. The predicted octanol–water partition coefficient (Wildman–Crippen LogP) is 1.97. The van der Waals surface area contributed by atoms with Gasteiger partial charge >= 0.3 is 0 Å². The highest BCUT2D eigenvalue weighted by Gasteiger charge is 2.51. The molecule has 1 unspecified atom stereocenters. The molecule has 1 saturated carbocycles. The smallest absolute Gasteiger partial charge is 0.0651 e. The molecule has 2 fully saturated rings. The lowest BCUT2D eigenvalue weighted by Gasteiger charge is -2.55. The average molecular weight is 126 g/mol. The Morgan fingerprint density at radius 2 is 2.33 bits per heavy atom. The Labute approximate surface area is 56.4 Å². The molecular formula is C8H14O. The highest BCUT2D eigenvalue weighted by Crippen LogP contribution is 2.52. The van der Waals surface area contributed by atoms with E-state index in [2.05, 4.69) is 6.92 Å². The van der Waals surface area contributed by atoms with Crippen LogP contribution in [0.5, 0.6) is 0 Å². The van der Waals surface area contributed by atoms with Crippen LogP contribution in [0.15, 0.2) is 0 Å². The maximum absolute atomic E-state index is 5.44. The minimum atomic E-state index is 0.631. The van der Waals surface area contributed by atoms with Gasteiger partial charge in [-0.15, -0.1) is 0 Å². The summed E-state index contributed by atoms with van der Waals surface area (Å²) in [5.74, 6) is 0. The molecule has 1 aliphatic heterocycles. The van der Waals surface area contributed by atoms with Crippen LogP contribution in [0.3, 0.4) is 0 Å². The van der Waals surface area contributed by atoms with Crippen molar-refractivity contribution in [3.8, 4) is 0 Å². The highest BCUT2D eigenvalue weighted by molar-refractivity contribution is 4.99. The second-order valence-electron chi connectivity index (χ2n) is 3.42. The maximum atomic E-state index is 5.44. The van der Waals surface area contributed by atoms with Gasteiger partial charge in [-0.3, -0.25) is 0 Å². The van der Waals surface area contributed by atoms with Crippen LogP contribution >= 0.6 is 0 Å². The quantitative estimate of drug-likeness (QED) is 0.522. The summed E-state index contributed by atoms with van der Waals surface area (Å²) in [6, 6.07) is 0. The van der Waals surface area contributed by atoms with Gasteiger partial charge in [0.1, 0.15) is 0 Å². The average Bonchev–Trinajstić information content (AvgIpc) is 1.59. The van der Waals surface area contributed by atoms with Gasteiger partial charge < -0.3 is 4.74 Å². The lowest BCUT2D eigenvalue weighted by atomic mass is 9.62. The molecule has 0 N–H and O–H groups in total. The van der Waals surface area contributed by atoms with Crippen LogP contribution in [0, 0.1) is 5.41 Å². The van der Waals surface area contributed by atoms with E-state index in [-0.39, 0.29) is 0 Å². The Morgan fingerprint density at radius 1 is 1.56 bits per heavy atom. The summed E-state index contributed by atoms with van der Waals surface area (Å²) in [6.45, 7) is 3.29. The summed E-state index contributed by atoms with van der Waals surface area (Å²) < 4.78 is 5.44. The lowest BCUT2D eigenvalue weighted by molar-refractivity contribution is -0.223. The molecule has 1 heteroatoms. The summed E-state index contributed by atoms with van der Waals surface area (Å²) in [4.78, 5) is 0. The van der Waals surface area contributed by atoms with E-state index < -0.39 is 0 Å². The molecule has 0 aromatic rings. The molecule has 1 saturated heterocycles. The van der Waals surface area contributed by atoms with Gasteiger partial charge in [0.15, 0.2) is 0 Å². The number of ether oxygens (including phenoxy) is 1. The molecule has 0 aromatic carbocycles. The molecule has 9 heavy (non-hydrogen) atoms. The molecule has 1 atom stereocenters. The van der Waals surface area contributed by atoms with Crippen molar-refractivity contribution in [1.29, 1.82) is 0 Å². The number of hydrogen-bond acceptors (Lipinski definition) is 1. The Hall–Kier alpha value is -0.0400. The molecule has 1 nitrogen and oxygen atoms in total. The Bertz CT molecular complexity index is 108. The summed E-state index contributed by atoms with van der Waals surface area (Å²) >= 11 is 0. The first-order valence-electron chi connectivity index (χ1n) is 3.99. The second-order valence-corrected chi connectivity index (χ2v) is 3.42. The zero-order valence-electron chi connectivity index (χ0n) is 6.02. The van der Waals surface area contributed by atoms with Crippen LogP contribution < -0.4 is 0 Å². The Kier molecular flexibility index (Phi) is 1.10. The van der Waals surface area contributed by atoms with Gasteiger partial charge in [0.05, 0.1) is 12.7 Å². The molecule has 0 amide bonds. The number of hydrogen-bond donors (Lipinski definition) is 0. The van der Waals surface area contributed by atoms with E-state index in [1.807, 2.05) is 0 Å². The molecular weight excluding hydrogens is 112 g/mol. The zero-order valence-corrected chi connectivity index (χ0v) is 6.02. The van der Waals surface area contributed by atoms with E-state index in [1.165, 1.54) is 25.7 Å². The first kappa shape index (κ1) is 5.72. The third kappa shape index (κ3) is 0.586. The highest BCUT2D eigenvalue weighted by atomic mass is 16.5. The van der Waals surface area contributed by atoms with Crippen molar-refractivity contribution in [3.05, 3.63) is 0 Å². The van der Waals surface area contributed by atoms with E-state index in [9.17, 15) is 0 Å². The van der Waals surface area contributed by atoms with Crippen molar-refractivity contribution < 1.29 is 4.74 Å². The van der Waals surface area contributed by atoms with E-state index in [4.69, 9.17) is 4.74 Å². The molecule has 52 valence electrons. The standard InChI is InChI=1S/C8H14O/c1-2-7-8(6-9-7)4-3-5-8/h7H,2-6H2,1H3. The fourth-order valence-corrected chi connectivity index (χ4v) is 2.08. The summed E-state index contributed by atoms with van der Waals surface area (Å²) in [6.07, 6.45) is 6.17. The van der Waals surface area contributed by atoms with Crippen LogP contribution in [0.2, 0.25) is 0 Å². The summed E-state index contributed by atoms with van der Waals surface area (Å²) in [5, 5.41) is 0. The minimum Gasteiger partial charge on any atom is -0.377 e. The van der Waals surface area contributed by atoms with Gasteiger partial charge in [0.25, 0.3) is 0 Å². The van der Waals surface area contributed by atoms with Crippen molar-refractivity contribution in [3.63, 3.8) is 0 Å². The van der Waals surface area contributed by atoms with E-state index in [0.717, 1.165) is 6.61 Å². The normalized spacial score (nSPS) is 37.7. The van der Waals surface area contributed by atoms with Gasteiger partial charge in [0, 0.05) is 5.41 Å². The first-order chi connectivity index (χ1) is 4.37. The monoisotopic (exact) mass is 126 g/mol. The summed E-state index contributed by atoms with van der Waals surface area (Å²) in [7, 11) is 0. The maximum Gasteiger partial charge on any atom is 0.0651 e. The molecule has 0 bridgehead atoms. The van der Waals surface area contributed by atoms with Crippen LogP contribution in [-0.4, -0.2) is 12.7 Å². The van der Waals surface area contributed by atoms with Gasteiger partial charge in [-0.05, 0) is 19.3 Å². The topological polar surface area (TPSA) is 9.23 Å². The molecule has 1 heterocycles. The second kappa shape index (κ2) is 1.72. The molecule has 2 aliphatic rings. The number of rotatable bonds is 1. The molecule has 0 aromatic heterocycles. The zero-order chi connectivity index (χ0) is 6.32. The van der Waals surface area contributed by atoms with Crippen molar-refractivity contribution in [2.45, 2.75) is 38.7 Å². The molecule has 0 radical (unpaired) electrons. The molecule has 1 spiro atoms. The van der Waals surface area contributed by atoms with Crippen molar-refractivity contribution in [1.82, 2.24) is 0 Å². The Balaban J connectivity index is 1.97. The van der Waals surface area contributed by atoms with Crippen molar-refractivity contribution in [2.24, 2.45) is 5.41 Å². The van der Waals surface area contributed by atoms with Crippen LogP contribution in [0.1, 0.15) is 32.6 Å². The Morgan fingerprint density at radius 3 is 2.44 bits per heavy atom. The third-order valence-corrected chi connectivity index (χ3v) is 2.98. The van der Waals surface area contributed by atoms with Crippen molar-refractivity contribution in [2.75, 3.05) is 6.61 Å². The van der Waals surface area contributed by atoms with Gasteiger partial charge in [0.2, 0.25) is 0 Å². The first-order valence-corrected chi connectivity index (χ1v) is 3.99. The van der Waals surface area contributed by atoms with E-state index >= 15 is 0 Å². The minimum absolute atomic E-state index is 0.631. The van der Waals surface area contributed by atoms with Gasteiger partial charge in [-0.2, -0.15) is 0 Å². The van der Waals surface area contributed by atoms with E-state index in [0.29, 0.717) is 11.5 Å². The van der Waals surface area contributed by atoms with Gasteiger partial charge in [-0.25, -0.2) is 0 Å². The SMILES string of the molecule is CCC1OCC12CCC2. The van der Waals surface area contributed by atoms with Crippen LogP contribution in [0.25, 0.3) is 0 Å². The fourth-order valence-electron chi connectivity index (χ4n) is 2.08. The van der Waals surface area contributed by atoms with Crippen molar-refractivity contribution >= 4 is 0 Å². The fraction of sp³-hybridized carbons (Fsp3) is 1.00. The lowest BCUT2D eigenvalue weighted by Crippen LogP contribution is -2.55. The van der Waals surface area contributed by atoms with Gasteiger partial charge in [-0.1, -0.05) is 13.3 Å². The van der Waals surface area contributed by atoms with Crippen LogP contribution in [0.4, 0.5) is 0 Å². The molecule has 2 rings (SSSR count). The third-order valence-electron chi connectivity index (χ3n) is 2.98. The predicted molar refractivity (Wildman–Crippen MR) is 36.3 cm³/mol. The summed E-state index contributed by atoms with van der Waals surface area (Å²) in [5.41, 5.74) is 0.689.